The van der Waals surface area contributed by atoms with Crippen LogP contribution in [0.4, 0.5) is 0 Å². The summed E-state index contributed by atoms with van der Waals surface area (Å²) in [5, 5.41) is 0. The number of carbonyl (C=O) groups excluding carboxylic acids is 2. The van der Waals surface area contributed by atoms with Crippen molar-refractivity contribution in [2.24, 2.45) is 0 Å². The molecule has 0 saturated heterocycles. The van der Waals surface area contributed by atoms with Crippen LogP contribution in [-0.2, 0) is 19.1 Å². The smallest absolute Gasteiger partial charge is 0.313 e. The summed E-state index contributed by atoms with van der Waals surface area (Å²) in [4.78, 5) is 23.6. The molecule has 0 fully saturated rings. The summed E-state index contributed by atoms with van der Waals surface area (Å²) in [5.41, 5.74) is 0.706. The van der Waals surface area contributed by atoms with Crippen LogP contribution >= 0.6 is 0 Å². The highest BCUT2D eigenvalue weighted by molar-refractivity contribution is 5.84. The van der Waals surface area contributed by atoms with Gasteiger partial charge >= 0.3 is 11.9 Å². The maximum Gasteiger partial charge on any atom is 0.313 e. The van der Waals surface area contributed by atoms with Gasteiger partial charge in [-0.05, 0) is 31.5 Å². The topological polar surface area (TPSA) is 61.8 Å². The summed E-state index contributed by atoms with van der Waals surface area (Å²) < 4.78 is 15.0. The highest BCUT2D eigenvalue weighted by atomic mass is 16.5. The van der Waals surface area contributed by atoms with Gasteiger partial charge in [-0.1, -0.05) is 12.1 Å². The molecule has 1 aromatic rings. The van der Waals surface area contributed by atoms with E-state index in [1.807, 2.05) is 0 Å². The van der Waals surface area contributed by atoms with Gasteiger partial charge in [-0.2, -0.15) is 0 Å². The first-order valence-electron chi connectivity index (χ1n) is 6.58. The van der Waals surface area contributed by atoms with Gasteiger partial charge in [0.1, 0.15) is 5.75 Å². The van der Waals surface area contributed by atoms with Crippen LogP contribution in [0.2, 0.25) is 0 Å². The van der Waals surface area contributed by atoms with Gasteiger partial charge < -0.3 is 14.2 Å². The van der Waals surface area contributed by atoms with Crippen molar-refractivity contribution in [3.8, 4) is 5.75 Å². The lowest BCUT2D eigenvalue weighted by Crippen LogP contribution is -2.20. The normalized spacial score (nSPS) is 11.6. The Bertz CT molecular complexity index is 438. The number of rotatable bonds is 7. The van der Waals surface area contributed by atoms with Gasteiger partial charge in [0.15, 0.2) is 0 Å². The second-order valence-corrected chi connectivity index (χ2v) is 4.09. The van der Waals surface area contributed by atoms with Crippen LogP contribution in [0, 0.1) is 0 Å². The first-order valence-corrected chi connectivity index (χ1v) is 6.58. The summed E-state index contributed by atoms with van der Waals surface area (Å²) >= 11 is 0. The van der Waals surface area contributed by atoms with Gasteiger partial charge in [0.2, 0.25) is 0 Å². The zero-order chi connectivity index (χ0) is 15.0. The lowest BCUT2D eigenvalue weighted by atomic mass is 9.96. The van der Waals surface area contributed by atoms with Crippen LogP contribution in [0.3, 0.4) is 0 Å². The Morgan fingerprint density at radius 3 is 2.15 bits per heavy atom. The Labute approximate surface area is 118 Å². The molecule has 110 valence electrons. The Kier molecular flexibility index (Phi) is 6.56. The molecule has 0 aliphatic rings. The van der Waals surface area contributed by atoms with Gasteiger partial charge in [-0.3, -0.25) is 9.59 Å². The van der Waals surface area contributed by atoms with Crippen LogP contribution in [0.5, 0.6) is 5.75 Å². The maximum atomic E-state index is 12.0. The van der Waals surface area contributed by atoms with Gasteiger partial charge in [0.25, 0.3) is 0 Å². The molecule has 20 heavy (non-hydrogen) atoms. The first kappa shape index (κ1) is 16.0. The average Bonchev–Trinajstić information content (AvgIpc) is 2.45. The molecule has 0 spiro atoms. The molecule has 0 N–H and O–H groups in total. The zero-order valence-electron chi connectivity index (χ0n) is 12.0. The quantitative estimate of drug-likeness (QED) is 0.717. The molecular formula is C15H20O5. The maximum absolute atomic E-state index is 12.0. The van der Waals surface area contributed by atoms with Crippen LogP contribution in [-0.4, -0.2) is 32.3 Å². The number of methoxy groups -OCH3 is 1. The van der Waals surface area contributed by atoms with Crippen molar-refractivity contribution in [3.05, 3.63) is 29.8 Å². The molecule has 0 amide bonds. The second-order valence-electron chi connectivity index (χ2n) is 4.09. The fraction of sp³-hybridized carbons (Fsp3) is 0.467. The molecule has 1 aromatic carbocycles. The zero-order valence-corrected chi connectivity index (χ0v) is 12.0. The Hall–Kier alpha value is -2.04. The molecule has 1 rings (SSSR count). The van der Waals surface area contributed by atoms with E-state index in [4.69, 9.17) is 14.2 Å². The number of esters is 2. The molecule has 1 atom stereocenters. The third kappa shape index (κ3) is 4.57. The second kappa shape index (κ2) is 8.19. The fourth-order valence-corrected chi connectivity index (χ4v) is 1.80. The molecule has 5 heteroatoms. The largest absolute Gasteiger partial charge is 0.497 e. The Morgan fingerprint density at radius 2 is 1.65 bits per heavy atom. The Morgan fingerprint density at radius 1 is 1.05 bits per heavy atom. The average molecular weight is 280 g/mol. The molecule has 0 saturated carbocycles. The van der Waals surface area contributed by atoms with Crippen LogP contribution < -0.4 is 4.74 Å². The van der Waals surface area contributed by atoms with E-state index in [0.29, 0.717) is 11.3 Å². The summed E-state index contributed by atoms with van der Waals surface area (Å²) in [6.45, 7) is 4.02. The SMILES string of the molecule is CCOC(=O)C[C@@H](C(=O)OCC)c1ccc(OC)cc1. The molecule has 5 nitrogen and oxygen atoms in total. The first-order chi connectivity index (χ1) is 9.62. The molecule has 0 aliphatic heterocycles. The van der Waals surface area contributed by atoms with Gasteiger partial charge in [0.05, 0.1) is 32.7 Å². The van der Waals surface area contributed by atoms with Crippen molar-refractivity contribution in [1.82, 2.24) is 0 Å². The van der Waals surface area contributed by atoms with Gasteiger partial charge in [-0.25, -0.2) is 0 Å². The van der Waals surface area contributed by atoms with E-state index in [0.717, 1.165) is 0 Å². The summed E-state index contributed by atoms with van der Waals surface area (Å²) in [7, 11) is 1.57. The van der Waals surface area contributed by atoms with Crippen molar-refractivity contribution in [2.45, 2.75) is 26.2 Å². The lowest BCUT2D eigenvalue weighted by molar-refractivity contribution is -0.151. The minimum absolute atomic E-state index is 0.0288. The third-order valence-corrected chi connectivity index (χ3v) is 2.77. The number of benzene rings is 1. The van der Waals surface area contributed by atoms with Crippen molar-refractivity contribution < 1.29 is 23.8 Å². The van der Waals surface area contributed by atoms with Gasteiger partial charge in [-0.15, -0.1) is 0 Å². The van der Waals surface area contributed by atoms with E-state index in [2.05, 4.69) is 0 Å². The van der Waals surface area contributed by atoms with Crippen LogP contribution in [0.25, 0.3) is 0 Å². The van der Waals surface area contributed by atoms with E-state index < -0.39 is 17.9 Å². The van der Waals surface area contributed by atoms with Gasteiger partial charge in [0, 0.05) is 0 Å². The molecule has 0 aromatic heterocycles. The summed E-state index contributed by atoms with van der Waals surface area (Å²) in [6.07, 6.45) is -0.0288. The molecule has 0 radical (unpaired) electrons. The monoisotopic (exact) mass is 280 g/mol. The van der Waals surface area contributed by atoms with E-state index in [-0.39, 0.29) is 19.6 Å². The molecule has 0 bridgehead atoms. The van der Waals surface area contributed by atoms with E-state index >= 15 is 0 Å². The fourth-order valence-electron chi connectivity index (χ4n) is 1.80. The summed E-state index contributed by atoms with van der Waals surface area (Å²) in [6, 6.07) is 6.98. The molecular weight excluding hydrogens is 260 g/mol. The predicted molar refractivity (Wildman–Crippen MR) is 73.6 cm³/mol. The third-order valence-electron chi connectivity index (χ3n) is 2.77. The standard InChI is InChI=1S/C15H20O5/c1-4-19-14(16)10-13(15(17)20-5-2)11-6-8-12(18-3)9-7-11/h6-9,13H,4-5,10H2,1-3H3/t13-/m1/s1. The Balaban J connectivity index is 2.90. The molecule has 0 unspecified atom stereocenters. The van der Waals surface area contributed by atoms with E-state index in [1.54, 1.807) is 45.2 Å². The van der Waals surface area contributed by atoms with Crippen LogP contribution in [0.15, 0.2) is 24.3 Å². The molecule has 0 heterocycles. The van der Waals surface area contributed by atoms with E-state index in [1.165, 1.54) is 0 Å². The van der Waals surface area contributed by atoms with Crippen LogP contribution in [0.1, 0.15) is 31.7 Å². The summed E-state index contributed by atoms with van der Waals surface area (Å²) in [5.74, 6) is -0.806. The number of carbonyl (C=O) groups is 2. The molecule has 0 aliphatic carbocycles. The van der Waals surface area contributed by atoms with Crippen molar-refractivity contribution >= 4 is 11.9 Å². The van der Waals surface area contributed by atoms with Crippen molar-refractivity contribution in [2.75, 3.05) is 20.3 Å². The highest BCUT2D eigenvalue weighted by Gasteiger charge is 2.25. The number of hydrogen-bond acceptors (Lipinski definition) is 5. The number of hydrogen-bond donors (Lipinski definition) is 0. The van der Waals surface area contributed by atoms with Crippen molar-refractivity contribution in [3.63, 3.8) is 0 Å². The minimum Gasteiger partial charge on any atom is -0.497 e. The minimum atomic E-state index is -0.653. The van der Waals surface area contributed by atoms with E-state index in [9.17, 15) is 9.59 Å². The lowest BCUT2D eigenvalue weighted by Gasteiger charge is -2.15. The number of ether oxygens (including phenoxy) is 3. The predicted octanol–water partition coefficient (Wildman–Crippen LogP) is 2.30. The highest BCUT2D eigenvalue weighted by Crippen LogP contribution is 2.24. The van der Waals surface area contributed by atoms with Crippen molar-refractivity contribution in [1.29, 1.82) is 0 Å².